The number of aryl methyl sites for hydroxylation is 1. The van der Waals surface area contributed by atoms with Crippen LogP contribution in [-0.2, 0) is 6.42 Å². The van der Waals surface area contributed by atoms with Crippen molar-refractivity contribution in [2.45, 2.75) is 31.9 Å². The molecule has 0 bridgehead atoms. The summed E-state index contributed by atoms with van der Waals surface area (Å²) in [4.78, 5) is 0. The number of hydrogen-bond acceptors (Lipinski definition) is 2. The fourth-order valence-corrected chi connectivity index (χ4v) is 1.33. The van der Waals surface area contributed by atoms with Gasteiger partial charge >= 0.3 is 0 Å². The van der Waals surface area contributed by atoms with Crippen molar-refractivity contribution in [3.8, 4) is 5.75 Å². The Bertz CT molecular complexity index is 254. The quantitative estimate of drug-likeness (QED) is 0.733. The molecule has 1 atom stereocenters. The van der Waals surface area contributed by atoms with Crippen LogP contribution < -0.4 is 4.74 Å². The smallest absolute Gasteiger partial charge is 0.119 e. The lowest BCUT2D eigenvalue weighted by Gasteiger charge is -2.08. The highest BCUT2D eigenvalue weighted by molar-refractivity contribution is 7.80. The Morgan fingerprint density at radius 1 is 1.29 bits per heavy atom. The van der Waals surface area contributed by atoms with Gasteiger partial charge in [-0.25, -0.2) is 0 Å². The average Bonchev–Trinajstić information content (AvgIpc) is 2.17. The lowest BCUT2D eigenvalue weighted by atomic mass is 10.1. The second kappa shape index (κ2) is 5.97. The van der Waals surface area contributed by atoms with E-state index in [1.54, 1.807) is 0 Å². The van der Waals surface area contributed by atoms with E-state index in [1.807, 2.05) is 19.1 Å². The molecule has 0 heterocycles. The van der Waals surface area contributed by atoms with E-state index in [2.05, 4.69) is 31.7 Å². The van der Waals surface area contributed by atoms with Crippen LogP contribution in [0.5, 0.6) is 5.75 Å². The number of rotatable bonds is 5. The summed E-state index contributed by atoms with van der Waals surface area (Å²) in [6.45, 7) is 4.87. The number of benzene rings is 1. The Balaban J connectivity index is 2.46. The number of thiol groups is 1. The van der Waals surface area contributed by atoms with E-state index >= 15 is 0 Å². The zero-order chi connectivity index (χ0) is 10.4. The summed E-state index contributed by atoms with van der Waals surface area (Å²) in [6, 6.07) is 8.31. The molecule has 78 valence electrons. The number of ether oxygens (including phenoxy) is 1. The molecule has 0 saturated carbocycles. The minimum Gasteiger partial charge on any atom is -0.492 e. The van der Waals surface area contributed by atoms with Crippen LogP contribution in [0.4, 0.5) is 0 Å². The second-order valence-electron chi connectivity index (χ2n) is 3.55. The molecule has 2 heteroatoms. The van der Waals surface area contributed by atoms with Gasteiger partial charge in [-0.3, -0.25) is 0 Å². The highest BCUT2D eigenvalue weighted by Gasteiger charge is 1.97. The molecule has 0 aliphatic rings. The predicted octanol–water partition coefficient (Wildman–Crippen LogP) is 3.34. The van der Waals surface area contributed by atoms with Crippen molar-refractivity contribution in [2.75, 3.05) is 6.61 Å². The lowest BCUT2D eigenvalue weighted by Crippen LogP contribution is -2.07. The van der Waals surface area contributed by atoms with Crippen LogP contribution in [-0.4, -0.2) is 11.9 Å². The van der Waals surface area contributed by atoms with E-state index in [-0.39, 0.29) is 5.25 Å². The van der Waals surface area contributed by atoms with E-state index in [9.17, 15) is 0 Å². The normalized spacial score (nSPS) is 12.5. The van der Waals surface area contributed by atoms with Crippen molar-refractivity contribution in [3.63, 3.8) is 0 Å². The van der Waals surface area contributed by atoms with Crippen molar-refractivity contribution < 1.29 is 4.74 Å². The third-order valence-corrected chi connectivity index (χ3v) is 2.10. The first-order chi connectivity index (χ1) is 6.72. The minimum atomic E-state index is 0.283. The third kappa shape index (κ3) is 4.05. The summed E-state index contributed by atoms with van der Waals surface area (Å²) >= 11 is 4.26. The molecular weight excluding hydrogens is 192 g/mol. The Labute approximate surface area is 91.9 Å². The first-order valence-corrected chi connectivity index (χ1v) is 5.64. The zero-order valence-electron chi connectivity index (χ0n) is 8.86. The van der Waals surface area contributed by atoms with E-state index in [1.165, 1.54) is 12.0 Å². The van der Waals surface area contributed by atoms with Gasteiger partial charge in [0.25, 0.3) is 0 Å². The molecule has 0 spiro atoms. The van der Waals surface area contributed by atoms with Crippen molar-refractivity contribution in [2.24, 2.45) is 0 Å². The number of hydrogen-bond donors (Lipinski definition) is 1. The van der Waals surface area contributed by atoms with Crippen LogP contribution in [0, 0.1) is 0 Å². The highest BCUT2D eigenvalue weighted by Crippen LogP contribution is 2.13. The topological polar surface area (TPSA) is 9.23 Å². The van der Waals surface area contributed by atoms with Gasteiger partial charge in [0.15, 0.2) is 0 Å². The van der Waals surface area contributed by atoms with Crippen LogP contribution in [0.15, 0.2) is 24.3 Å². The Hall–Kier alpha value is -0.630. The fourth-order valence-electron chi connectivity index (χ4n) is 1.26. The Kier molecular flexibility index (Phi) is 4.88. The van der Waals surface area contributed by atoms with Crippen molar-refractivity contribution in [1.29, 1.82) is 0 Å². The van der Waals surface area contributed by atoms with Crippen molar-refractivity contribution >= 4 is 12.6 Å². The summed E-state index contributed by atoms with van der Waals surface area (Å²) in [5, 5.41) is 0.283. The average molecular weight is 210 g/mol. The molecule has 0 N–H and O–H groups in total. The van der Waals surface area contributed by atoms with Crippen LogP contribution in [0.1, 0.15) is 25.8 Å². The van der Waals surface area contributed by atoms with E-state index in [0.29, 0.717) is 6.61 Å². The first kappa shape index (κ1) is 11.4. The SMILES string of the molecule is CCCc1ccc(OCC(C)S)cc1. The monoisotopic (exact) mass is 210 g/mol. The molecule has 1 unspecified atom stereocenters. The largest absolute Gasteiger partial charge is 0.492 e. The second-order valence-corrected chi connectivity index (χ2v) is 4.44. The molecule has 0 aliphatic heterocycles. The summed E-state index contributed by atoms with van der Waals surface area (Å²) in [6.07, 6.45) is 2.33. The molecule has 1 aromatic rings. The van der Waals surface area contributed by atoms with Gasteiger partial charge in [-0.2, -0.15) is 12.6 Å². The molecule has 0 amide bonds. The lowest BCUT2D eigenvalue weighted by molar-refractivity contribution is 0.323. The highest BCUT2D eigenvalue weighted by atomic mass is 32.1. The van der Waals surface area contributed by atoms with Crippen molar-refractivity contribution in [1.82, 2.24) is 0 Å². The zero-order valence-corrected chi connectivity index (χ0v) is 9.76. The van der Waals surface area contributed by atoms with E-state index in [4.69, 9.17) is 4.74 Å². The van der Waals surface area contributed by atoms with Gasteiger partial charge in [0.2, 0.25) is 0 Å². The van der Waals surface area contributed by atoms with Gasteiger partial charge in [-0.05, 0) is 24.1 Å². The maximum atomic E-state index is 5.52. The molecule has 14 heavy (non-hydrogen) atoms. The first-order valence-electron chi connectivity index (χ1n) is 5.12. The standard InChI is InChI=1S/C12H18OS/c1-3-4-11-5-7-12(8-6-11)13-9-10(2)14/h5-8,10,14H,3-4,9H2,1-2H3. The molecule has 0 aromatic heterocycles. The van der Waals surface area contributed by atoms with Crippen LogP contribution in [0.25, 0.3) is 0 Å². The summed E-state index contributed by atoms with van der Waals surface area (Å²) in [5.74, 6) is 0.936. The van der Waals surface area contributed by atoms with Gasteiger partial charge in [0.05, 0.1) is 6.61 Å². The molecule has 0 aliphatic carbocycles. The molecule has 1 aromatic carbocycles. The maximum absolute atomic E-state index is 5.52. The molecule has 0 saturated heterocycles. The van der Waals surface area contributed by atoms with Crippen LogP contribution >= 0.6 is 12.6 Å². The Morgan fingerprint density at radius 3 is 2.43 bits per heavy atom. The summed E-state index contributed by atoms with van der Waals surface area (Å²) in [7, 11) is 0. The van der Waals surface area contributed by atoms with Gasteiger partial charge in [0.1, 0.15) is 5.75 Å². The molecule has 1 nitrogen and oxygen atoms in total. The van der Waals surface area contributed by atoms with Crippen LogP contribution in [0.2, 0.25) is 0 Å². The van der Waals surface area contributed by atoms with Gasteiger partial charge < -0.3 is 4.74 Å². The molecule has 0 fully saturated rings. The fraction of sp³-hybridized carbons (Fsp3) is 0.500. The minimum absolute atomic E-state index is 0.283. The summed E-state index contributed by atoms with van der Waals surface area (Å²) in [5.41, 5.74) is 1.37. The van der Waals surface area contributed by atoms with E-state index in [0.717, 1.165) is 12.2 Å². The predicted molar refractivity (Wildman–Crippen MR) is 64.4 cm³/mol. The summed E-state index contributed by atoms with van der Waals surface area (Å²) < 4.78 is 5.52. The van der Waals surface area contributed by atoms with Gasteiger partial charge in [-0.15, -0.1) is 0 Å². The molecule has 0 radical (unpaired) electrons. The van der Waals surface area contributed by atoms with Gasteiger partial charge in [-0.1, -0.05) is 32.4 Å². The van der Waals surface area contributed by atoms with Crippen molar-refractivity contribution in [3.05, 3.63) is 29.8 Å². The maximum Gasteiger partial charge on any atom is 0.119 e. The molecular formula is C12H18OS. The van der Waals surface area contributed by atoms with Crippen LogP contribution in [0.3, 0.4) is 0 Å². The van der Waals surface area contributed by atoms with E-state index < -0.39 is 0 Å². The Morgan fingerprint density at radius 2 is 1.93 bits per heavy atom. The molecule has 1 rings (SSSR count). The van der Waals surface area contributed by atoms with Gasteiger partial charge in [0, 0.05) is 5.25 Å². The third-order valence-electron chi connectivity index (χ3n) is 1.95.